The fourth-order valence-electron chi connectivity index (χ4n) is 5.02. The molecule has 0 radical (unpaired) electrons. The molecule has 2 aromatic heterocycles. The zero-order valence-corrected chi connectivity index (χ0v) is 19.5. The molecule has 174 valence electrons. The molecule has 1 aliphatic carbocycles. The Hall–Kier alpha value is -2.75. The molecule has 3 atom stereocenters. The molecule has 2 N–H and O–H groups in total. The van der Waals surface area contributed by atoms with Crippen molar-refractivity contribution in [1.29, 1.82) is 0 Å². The van der Waals surface area contributed by atoms with Gasteiger partial charge < -0.3 is 15.3 Å². The number of aliphatic hydroxyl groups is 1. The lowest BCUT2D eigenvalue weighted by Crippen LogP contribution is -2.49. The van der Waals surface area contributed by atoms with Crippen LogP contribution < -0.4 is 5.32 Å². The van der Waals surface area contributed by atoms with Gasteiger partial charge in [-0.15, -0.1) is 5.10 Å². The lowest BCUT2D eigenvalue weighted by molar-refractivity contribution is -0.144. The van der Waals surface area contributed by atoms with Crippen LogP contribution in [0.15, 0.2) is 6.20 Å². The van der Waals surface area contributed by atoms with Crippen LogP contribution in [-0.4, -0.2) is 72.3 Å². The maximum atomic E-state index is 13.7. The summed E-state index contributed by atoms with van der Waals surface area (Å²) in [5.41, 5.74) is 3.48. The molecule has 2 amide bonds. The zero-order chi connectivity index (χ0) is 23.2. The van der Waals surface area contributed by atoms with Crippen molar-refractivity contribution in [3.8, 4) is 11.4 Å². The largest absolute Gasteiger partial charge is 0.391 e. The first-order valence-electron chi connectivity index (χ1n) is 11.3. The van der Waals surface area contributed by atoms with Gasteiger partial charge in [0.05, 0.1) is 23.7 Å². The van der Waals surface area contributed by atoms with E-state index in [2.05, 4.69) is 20.7 Å². The van der Waals surface area contributed by atoms with E-state index in [-0.39, 0.29) is 24.8 Å². The molecule has 1 fully saturated rings. The van der Waals surface area contributed by atoms with Gasteiger partial charge in [-0.3, -0.25) is 14.3 Å². The number of rotatable bonds is 4. The standard InChI is InChI=1S/C22H33N7O3/c1-22(2,3)19(21(32)28-11-13(30)10-17(28)20(31)23-4)29-12-16(24-26-29)18-14-8-6-7-9-15(14)25-27(18)5/h12-13,17,19,30H,6-11H2,1-5H3,(H,23,31)/t13?,17-,19?/m1/s1. The van der Waals surface area contributed by atoms with Gasteiger partial charge in [0.1, 0.15) is 17.8 Å². The summed E-state index contributed by atoms with van der Waals surface area (Å²) in [5, 5.41) is 26.2. The van der Waals surface area contributed by atoms with Gasteiger partial charge in [0, 0.05) is 32.6 Å². The van der Waals surface area contributed by atoms with Gasteiger partial charge in [0.15, 0.2) is 0 Å². The summed E-state index contributed by atoms with van der Waals surface area (Å²) in [6.07, 6.45) is 5.51. The molecule has 2 aromatic rings. The minimum atomic E-state index is -0.728. The molecule has 1 aliphatic heterocycles. The number of aliphatic hydroxyl groups excluding tert-OH is 1. The van der Waals surface area contributed by atoms with Gasteiger partial charge in [-0.2, -0.15) is 5.10 Å². The summed E-state index contributed by atoms with van der Waals surface area (Å²) in [6, 6.07) is -1.37. The Morgan fingerprint density at radius 1 is 1.25 bits per heavy atom. The Kier molecular flexibility index (Phi) is 5.83. The van der Waals surface area contributed by atoms with Crippen molar-refractivity contribution in [1.82, 2.24) is 35.0 Å². The van der Waals surface area contributed by atoms with E-state index in [1.165, 1.54) is 17.5 Å². The van der Waals surface area contributed by atoms with Gasteiger partial charge in [-0.25, -0.2) is 4.68 Å². The molecule has 2 unspecified atom stereocenters. The van der Waals surface area contributed by atoms with Crippen LogP contribution in [0.2, 0.25) is 0 Å². The molecule has 2 aliphatic rings. The third kappa shape index (κ3) is 3.92. The number of aromatic nitrogens is 5. The van der Waals surface area contributed by atoms with Crippen LogP contribution >= 0.6 is 0 Å². The number of nitrogens with zero attached hydrogens (tertiary/aromatic N) is 6. The predicted molar refractivity (Wildman–Crippen MR) is 118 cm³/mol. The van der Waals surface area contributed by atoms with Crippen molar-refractivity contribution >= 4 is 11.8 Å². The van der Waals surface area contributed by atoms with Crippen LogP contribution in [0.4, 0.5) is 0 Å². The summed E-state index contributed by atoms with van der Waals surface area (Å²) in [5.74, 6) is -0.519. The molecule has 10 heteroatoms. The Labute approximate surface area is 188 Å². The SMILES string of the molecule is CNC(=O)[C@H]1CC(O)CN1C(=O)C(n1cc(-c2c3c(nn2C)CCCC3)nn1)C(C)(C)C. The normalized spacial score (nSPS) is 22.0. The van der Waals surface area contributed by atoms with E-state index in [0.717, 1.165) is 37.1 Å². The van der Waals surface area contributed by atoms with Crippen molar-refractivity contribution in [2.24, 2.45) is 12.5 Å². The van der Waals surface area contributed by atoms with E-state index in [1.807, 2.05) is 32.5 Å². The first-order valence-corrected chi connectivity index (χ1v) is 11.3. The van der Waals surface area contributed by atoms with Crippen LogP contribution in [0.3, 0.4) is 0 Å². The average Bonchev–Trinajstić information content (AvgIpc) is 3.42. The number of carbonyl (C=O) groups excluding carboxylic acids is 2. The topological polar surface area (TPSA) is 118 Å². The molecule has 0 aromatic carbocycles. The quantitative estimate of drug-likeness (QED) is 0.723. The van der Waals surface area contributed by atoms with Gasteiger partial charge >= 0.3 is 0 Å². The third-order valence-electron chi connectivity index (χ3n) is 6.50. The Bertz CT molecular complexity index is 1020. The lowest BCUT2D eigenvalue weighted by atomic mass is 9.85. The van der Waals surface area contributed by atoms with Crippen LogP contribution in [0.1, 0.15) is 57.3 Å². The highest BCUT2D eigenvalue weighted by Gasteiger charge is 2.45. The van der Waals surface area contributed by atoms with Crippen molar-refractivity contribution in [2.45, 2.75) is 71.1 Å². The number of likely N-dealkylation sites (N-methyl/N-ethyl adjacent to an activating group) is 1. The molecular formula is C22H33N7O3. The summed E-state index contributed by atoms with van der Waals surface area (Å²) in [6.45, 7) is 6.01. The van der Waals surface area contributed by atoms with Crippen LogP contribution in [0.5, 0.6) is 0 Å². The van der Waals surface area contributed by atoms with Gasteiger partial charge in [0.2, 0.25) is 11.8 Å². The predicted octanol–water partition coefficient (Wildman–Crippen LogP) is 0.852. The highest BCUT2D eigenvalue weighted by molar-refractivity contribution is 5.90. The summed E-state index contributed by atoms with van der Waals surface area (Å²) >= 11 is 0. The molecule has 0 saturated carbocycles. The van der Waals surface area contributed by atoms with Gasteiger partial charge in [-0.1, -0.05) is 26.0 Å². The maximum absolute atomic E-state index is 13.7. The maximum Gasteiger partial charge on any atom is 0.248 e. The number of carbonyl (C=O) groups is 2. The first-order chi connectivity index (χ1) is 15.1. The second kappa shape index (κ2) is 8.31. The van der Waals surface area contributed by atoms with Crippen LogP contribution in [-0.2, 0) is 29.5 Å². The third-order valence-corrected chi connectivity index (χ3v) is 6.50. The molecule has 0 bridgehead atoms. The Balaban J connectivity index is 1.69. The first kappa shape index (κ1) is 22.4. The number of hydrogen-bond donors (Lipinski definition) is 2. The number of amides is 2. The van der Waals surface area contributed by atoms with Gasteiger partial charge in [0.25, 0.3) is 0 Å². The van der Waals surface area contributed by atoms with E-state index >= 15 is 0 Å². The molecule has 3 heterocycles. The lowest BCUT2D eigenvalue weighted by Gasteiger charge is -2.34. The summed E-state index contributed by atoms with van der Waals surface area (Å²) in [7, 11) is 3.45. The highest BCUT2D eigenvalue weighted by atomic mass is 16.3. The van der Waals surface area contributed by atoms with Crippen molar-refractivity contribution in [3.63, 3.8) is 0 Å². The van der Waals surface area contributed by atoms with Gasteiger partial charge in [-0.05, 0) is 31.1 Å². The van der Waals surface area contributed by atoms with Crippen molar-refractivity contribution < 1.29 is 14.7 Å². The summed E-state index contributed by atoms with van der Waals surface area (Å²) in [4.78, 5) is 27.5. The molecule has 4 rings (SSSR count). The fraction of sp³-hybridized carbons (Fsp3) is 0.682. The van der Waals surface area contributed by atoms with Crippen molar-refractivity contribution in [3.05, 3.63) is 17.5 Å². The number of likely N-dealkylation sites (tertiary alicyclic amines) is 1. The smallest absolute Gasteiger partial charge is 0.248 e. The second-order valence-corrected chi connectivity index (χ2v) is 9.97. The monoisotopic (exact) mass is 443 g/mol. The van der Waals surface area contributed by atoms with Crippen molar-refractivity contribution in [2.75, 3.05) is 13.6 Å². The highest BCUT2D eigenvalue weighted by Crippen LogP contribution is 2.36. The van der Waals surface area contributed by atoms with E-state index in [4.69, 9.17) is 0 Å². The number of β-amino-alcohol motifs (C(OH)–C–C–N with tert-alkyl or cyclic N) is 1. The minimum absolute atomic E-state index is 0.125. The second-order valence-electron chi connectivity index (χ2n) is 9.97. The minimum Gasteiger partial charge on any atom is -0.391 e. The number of hydrogen-bond acceptors (Lipinski definition) is 6. The van der Waals surface area contributed by atoms with Crippen LogP contribution in [0, 0.1) is 5.41 Å². The van der Waals surface area contributed by atoms with E-state index in [1.54, 1.807) is 10.9 Å². The number of fused-ring (bicyclic) bond motifs is 1. The fourth-order valence-corrected chi connectivity index (χ4v) is 5.02. The molecule has 32 heavy (non-hydrogen) atoms. The molecule has 10 nitrogen and oxygen atoms in total. The zero-order valence-electron chi connectivity index (χ0n) is 19.5. The average molecular weight is 444 g/mol. The van der Waals surface area contributed by atoms with Crippen LogP contribution in [0.25, 0.3) is 11.4 Å². The Morgan fingerprint density at radius 3 is 2.66 bits per heavy atom. The van der Waals surface area contributed by atoms with E-state index in [9.17, 15) is 14.7 Å². The molecular weight excluding hydrogens is 410 g/mol. The van der Waals surface area contributed by atoms with E-state index in [0.29, 0.717) is 5.69 Å². The summed E-state index contributed by atoms with van der Waals surface area (Å²) < 4.78 is 3.46. The number of nitrogens with one attached hydrogen (secondary N) is 1. The molecule has 1 saturated heterocycles. The number of aryl methyl sites for hydroxylation is 2. The molecule has 0 spiro atoms. The Morgan fingerprint density at radius 2 is 1.97 bits per heavy atom. The van der Waals surface area contributed by atoms with E-state index < -0.39 is 23.6 Å².